The van der Waals surface area contributed by atoms with Crippen LogP contribution in [0.25, 0.3) is 10.2 Å². The highest BCUT2D eigenvalue weighted by Gasteiger charge is 2.22. The van der Waals surface area contributed by atoms with E-state index >= 15 is 0 Å². The van der Waals surface area contributed by atoms with Crippen LogP contribution in [0.3, 0.4) is 0 Å². The van der Waals surface area contributed by atoms with Crippen LogP contribution < -0.4 is 10.9 Å². The van der Waals surface area contributed by atoms with Crippen molar-refractivity contribution in [2.24, 2.45) is 7.05 Å². The van der Waals surface area contributed by atoms with Gasteiger partial charge in [0.25, 0.3) is 5.56 Å². The molecule has 9 heteroatoms. The van der Waals surface area contributed by atoms with Gasteiger partial charge in [-0.2, -0.15) is 0 Å². The lowest BCUT2D eigenvalue weighted by Gasteiger charge is -2.07. The first kappa shape index (κ1) is 16.3. The highest BCUT2D eigenvalue weighted by Crippen LogP contribution is 2.35. The molecule has 0 fully saturated rings. The maximum absolute atomic E-state index is 12.7. The number of rotatable bonds is 4. The van der Waals surface area contributed by atoms with Crippen molar-refractivity contribution in [1.82, 2.24) is 14.7 Å². The van der Waals surface area contributed by atoms with Gasteiger partial charge in [-0.3, -0.25) is 14.2 Å². The van der Waals surface area contributed by atoms with E-state index in [9.17, 15) is 9.59 Å². The molecule has 130 valence electrons. The lowest BCUT2D eigenvalue weighted by molar-refractivity contribution is -0.113. The monoisotopic (exact) mass is 376 g/mol. The Labute approximate surface area is 151 Å². The first-order valence-corrected chi connectivity index (χ1v) is 9.70. The summed E-state index contributed by atoms with van der Waals surface area (Å²) in [5.74, 6) is 0.933. The molecule has 3 aromatic heterocycles. The summed E-state index contributed by atoms with van der Waals surface area (Å²) in [4.78, 5) is 31.4. The second-order valence-corrected chi connectivity index (χ2v) is 7.98. The number of aryl methyl sites for hydroxylation is 3. The Morgan fingerprint density at radius 1 is 1.48 bits per heavy atom. The van der Waals surface area contributed by atoms with E-state index in [0.29, 0.717) is 16.7 Å². The van der Waals surface area contributed by atoms with Crippen molar-refractivity contribution in [2.75, 3.05) is 11.1 Å². The van der Waals surface area contributed by atoms with Crippen molar-refractivity contribution >= 4 is 45.0 Å². The molecule has 0 radical (unpaired) electrons. The predicted molar refractivity (Wildman–Crippen MR) is 97.5 cm³/mol. The number of amides is 1. The second-order valence-electron chi connectivity index (χ2n) is 5.96. The number of carbonyl (C=O) groups excluding carboxylic acids is 1. The highest BCUT2D eigenvalue weighted by atomic mass is 32.2. The van der Waals surface area contributed by atoms with Crippen molar-refractivity contribution in [3.05, 3.63) is 32.6 Å². The molecule has 3 heterocycles. The van der Waals surface area contributed by atoms with Gasteiger partial charge in [-0.15, -0.1) is 11.3 Å². The van der Waals surface area contributed by atoms with Gasteiger partial charge < -0.3 is 9.84 Å². The quantitative estimate of drug-likeness (QED) is 0.556. The predicted octanol–water partition coefficient (Wildman–Crippen LogP) is 2.51. The van der Waals surface area contributed by atoms with Crippen molar-refractivity contribution in [3.63, 3.8) is 0 Å². The Balaban J connectivity index is 1.54. The number of hydrogen-bond acceptors (Lipinski definition) is 7. The van der Waals surface area contributed by atoms with Gasteiger partial charge in [0.05, 0.1) is 11.1 Å². The largest absolute Gasteiger partial charge is 0.360 e. The first-order valence-electron chi connectivity index (χ1n) is 7.90. The summed E-state index contributed by atoms with van der Waals surface area (Å²) < 4.78 is 6.45. The number of carbonyl (C=O) groups is 1. The molecule has 25 heavy (non-hydrogen) atoms. The van der Waals surface area contributed by atoms with Gasteiger partial charge in [-0.1, -0.05) is 16.9 Å². The van der Waals surface area contributed by atoms with E-state index in [1.54, 1.807) is 31.4 Å². The van der Waals surface area contributed by atoms with Gasteiger partial charge in [-0.05, 0) is 31.7 Å². The van der Waals surface area contributed by atoms with Crippen LogP contribution in [0.5, 0.6) is 0 Å². The summed E-state index contributed by atoms with van der Waals surface area (Å²) in [5.41, 5.74) is 1.14. The van der Waals surface area contributed by atoms with Crippen molar-refractivity contribution < 1.29 is 9.32 Å². The molecule has 0 atom stereocenters. The Hall–Kier alpha value is -2.13. The van der Waals surface area contributed by atoms with Crippen LogP contribution in [-0.2, 0) is 24.7 Å². The maximum Gasteiger partial charge on any atom is 0.262 e. The molecule has 1 aliphatic rings. The molecular weight excluding hydrogens is 360 g/mol. The zero-order valence-electron chi connectivity index (χ0n) is 13.8. The number of nitrogens with one attached hydrogen (secondary N) is 1. The number of fused-ring (bicyclic) bond motifs is 3. The minimum atomic E-state index is -0.221. The number of aromatic nitrogens is 3. The SMILES string of the molecule is Cc1cc(NC(=O)CSc2nc3sc4c(c3c(=O)n2C)CCC4)no1. The summed E-state index contributed by atoms with van der Waals surface area (Å²) in [6, 6.07) is 1.65. The van der Waals surface area contributed by atoms with Crippen LogP contribution in [0.2, 0.25) is 0 Å². The Morgan fingerprint density at radius 3 is 3.08 bits per heavy atom. The highest BCUT2D eigenvalue weighted by molar-refractivity contribution is 7.99. The molecule has 0 unspecified atom stereocenters. The third-order valence-corrected chi connectivity index (χ3v) is 6.35. The second kappa shape index (κ2) is 6.30. The number of thioether (sulfide) groups is 1. The van der Waals surface area contributed by atoms with Gasteiger partial charge >= 0.3 is 0 Å². The van der Waals surface area contributed by atoms with Gasteiger partial charge in [0.2, 0.25) is 5.91 Å². The molecule has 7 nitrogen and oxygen atoms in total. The fourth-order valence-electron chi connectivity index (χ4n) is 2.97. The van der Waals surface area contributed by atoms with Crippen molar-refractivity contribution in [3.8, 4) is 0 Å². The number of anilines is 1. The normalized spacial score (nSPS) is 13.4. The minimum absolute atomic E-state index is 0.0283. The number of hydrogen-bond donors (Lipinski definition) is 1. The standard InChI is InChI=1S/C16H16N4O3S2/c1-8-6-11(19-23-8)17-12(21)7-24-16-18-14-13(15(22)20(16)2)9-4-3-5-10(9)25-14/h6H,3-5,7H2,1-2H3,(H,17,19,21). The first-order chi connectivity index (χ1) is 12.0. The Morgan fingerprint density at radius 2 is 2.32 bits per heavy atom. The Kier molecular flexibility index (Phi) is 4.12. The van der Waals surface area contributed by atoms with Crippen LogP contribution in [-0.4, -0.2) is 26.4 Å². The fraction of sp³-hybridized carbons (Fsp3) is 0.375. The van der Waals surface area contributed by atoms with Gasteiger partial charge in [0, 0.05) is 18.0 Å². The average Bonchev–Trinajstić information content (AvgIpc) is 3.25. The van der Waals surface area contributed by atoms with Crippen LogP contribution >= 0.6 is 23.1 Å². The van der Waals surface area contributed by atoms with E-state index < -0.39 is 0 Å². The molecule has 0 saturated heterocycles. The number of thiophene rings is 1. The smallest absolute Gasteiger partial charge is 0.262 e. The van der Waals surface area contributed by atoms with Crippen molar-refractivity contribution in [2.45, 2.75) is 31.3 Å². The van der Waals surface area contributed by atoms with E-state index in [4.69, 9.17) is 4.52 Å². The molecule has 0 spiro atoms. The summed E-state index contributed by atoms with van der Waals surface area (Å²) >= 11 is 2.84. The zero-order chi connectivity index (χ0) is 17.6. The molecule has 3 aromatic rings. The van der Waals surface area contributed by atoms with Crippen LogP contribution in [0, 0.1) is 6.92 Å². The summed E-state index contributed by atoms with van der Waals surface area (Å²) in [5, 5.41) is 7.69. The molecule has 0 aromatic carbocycles. The van der Waals surface area contributed by atoms with Gasteiger partial charge in [0.1, 0.15) is 10.6 Å². The van der Waals surface area contributed by atoms with E-state index in [1.807, 2.05) is 0 Å². The van der Waals surface area contributed by atoms with Crippen LogP contribution in [0.4, 0.5) is 5.82 Å². The van der Waals surface area contributed by atoms with Gasteiger partial charge in [0.15, 0.2) is 11.0 Å². The zero-order valence-corrected chi connectivity index (χ0v) is 15.4. The molecule has 0 saturated carbocycles. The minimum Gasteiger partial charge on any atom is -0.360 e. The van der Waals surface area contributed by atoms with Crippen LogP contribution in [0.1, 0.15) is 22.6 Å². The lowest BCUT2D eigenvalue weighted by Crippen LogP contribution is -2.21. The molecule has 1 aliphatic carbocycles. The van der Waals surface area contributed by atoms with E-state index in [1.165, 1.54) is 26.8 Å². The van der Waals surface area contributed by atoms with Gasteiger partial charge in [-0.25, -0.2) is 4.98 Å². The van der Waals surface area contributed by atoms with Crippen molar-refractivity contribution in [1.29, 1.82) is 0 Å². The Bertz CT molecular complexity index is 1030. The molecule has 0 bridgehead atoms. The third-order valence-electron chi connectivity index (χ3n) is 4.13. The molecule has 4 rings (SSSR count). The lowest BCUT2D eigenvalue weighted by atomic mass is 10.2. The molecular formula is C16H16N4O3S2. The van der Waals surface area contributed by atoms with Crippen LogP contribution in [0.15, 0.2) is 20.5 Å². The molecule has 1 N–H and O–H groups in total. The summed E-state index contributed by atoms with van der Waals surface area (Å²) in [7, 11) is 1.70. The topological polar surface area (TPSA) is 90.0 Å². The molecule has 0 aliphatic heterocycles. The van der Waals surface area contributed by atoms with E-state index in [-0.39, 0.29) is 17.2 Å². The third kappa shape index (κ3) is 2.98. The van der Waals surface area contributed by atoms with E-state index in [0.717, 1.165) is 29.5 Å². The summed E-state index contributed by atoms with van der Waals surface area (Å²) in [6.07, 6.45) is 3.10. The fourth-order valence-corrected chi connectivity index (χ4v) is 5.04. The van der Waals surface area contributed by atoms with E-state index in [2.05, 4.69) is 15.5 Å². The average molecular weight is 376 g/mol. The maximum atomic E-state index is 12.7. The molecule has 1 amide bonds. The number of nitrogens with zero attached hydrogens (tertiary/aromatic N) is 3. The summed E-state index contributed by atoms with van der Waals surface area (Å²) in [6.45, 7) is 1.75.